The van der Waals surface area contributed by atoms with E-state index in [2.05, 4.69) is 0 Å². The van der Waals surface area contributed by atoms with Gasteiger partial charge < -0.3 is 5.73 Å². The first kappa shape index (κ1) is 24.8. The first-order chi connectivity index (χ1) is 15.1. The van der Waals surface area contributed by atoms with Crippen LogP contribution in [-0.4, -0.2) is 82.7 Å². The number of benzene rings is 2. The number of hydrogen-bond donors (Lipinski definition) is 1. The van der Waals surface area contributed by atoms with Crippen LogP contribution in [-0.2, 0) is 20.0 Å². The molecule has 0 unspecified atom stereocenters. The van der Waals surface area contributed by atoms with Gasteiger partial charge in [-0.3, -0.25) is 4.90 Å². The Labute approximate surface area is 191 Å². The molecule has 0 atom stereocenters. The zero-order valence-electron chi connectivity index (χ0n) is 18.6. The molecule has 2 aromatic rings. The Hall–Kier alpha value is -1.82. The zero-order chi connectivity index (χ0) is 23.4. The molecule has 1 aliphatic rings. The van der Waals surface area contributed by atoms with Crippen molar-refractivity contribution in [3.63, 3.8) is 0 Å². The quantitative estimate of drug-likeness (QED) is 0.668. The zero-order valence-corrected chi connectivity index (χ0v) is 20.3. The molecule has 2 aromatic carbocycles. The van der Waals surface area contributed by atoms with E-state index in [9.17, 15) is 16.8 Å². The highest BCUT2D eigenvalue weighted by atomic mass is 32.2. The van der Waals surface area contributed by atoms with E-state index in [4.69, 9.17) is 5.73 Å². The molecule has 3 rings (SSSR count). The second-order valence-corrected chi connectivity index (χ2v) is 11.9. The van der Waals surface area contributed by atoms with Crippen molar-refractivity contribution in [3.05, 3.63) is 59.7 Å². The third-order valence-electron chi connectivity index (χ3n) is 5.69. The number of aryl methyl sites for hydroxylation is 2. The van der Waals surface area contributed by atoms with E-state index in [0.29, 0.717) is 26.2 Å². The number of nitrogens with two attached hydrogens (primary N) is 1. The van der Waals surface area contributed by atoms with Gasteiger partial charge in [0, 0.05) is 52.4 Å². The van der Waals surface area contributed by atoms with Gasteiger partial charge in [0.1, 0.15) is 0 Å². The highest BCUT2D eigenvalue weighted by Crippen LogP contribution is 2.20. The molecule has 0 amide bonds. The van der Waals surface area contributed by atoms with E-state index in [1.165, 1.54) is 8.61 Å². The number of nitrogens with zero attached hydrogens (tertiary/aromatic N) is 3. The largest absolute Gasteiger partial charge is 0.329 e. The molecule has 0 spiro atoms. The molecule has 0 saturated carbocycles. The van der Waals surface area contributed by atoms with Crippen molar-refractivity contribution in [2.45, 2.75) is 23.6 Å². The third kappa shape index (κ3) is 5.75. The first-order valence-corrected chi connectivity index (χ1v) is 13.6. The lowest BCUT2D eigenvalue weighted by Gasteiger charge is -2.25. The van der Waals surface area contributed by atoms with Gasteiger partial charge in [-0.2, -0.15) is 8.61 Å². The molecule has 1 saturated heterocycles. The summed E-state index contributed by atoms with van der Waals surface area (Å²) in [7, 11) is -7.52. The van der Waals surface area contributed by atoms with Crippen molar-refractivity contribution in [3.8, 4) is 0 Å². The van der Waals surface area contributed by atoms with Crippen LogP contribution in [0.4, 0.5) is 0 Å². The van der Waals surface area contributed by atoms with Crippen LogP contribution in [0.1, 0.15) is 11.1 Å². The van der Waals surface area contributed by atoms with Gasteiger partial charge in [0.2, 0.25) is 20.0 Å². The van der Waals surface area contributed by atoms with Crippen LogP contribution in [0.25, 0.3) is 0 Å². The fourth-order valence-electron chi connectivity index (χ4n) is 3.67. The van der Waals surface area contributed by atoms with E-state index >= 15 is 0 Å². The molecule has 10 heteroatoms. The summed E-state index contributed by atoms with van der Waals surface area (Å²) >= 11 is 0. The molecule has 0 aromatic heterocycles. The van der Waals surface area contributed by atoms with E-state index in [0.717, 1.165) is 11.1 Å². The van der Waals surface area contributed by atoms with Crippen LogP contribution in [0.3, 0.4) is 0 Å². The van der Waals surface area contributed by atoms with Crippen LogP contribution in [0.2, 0.25) is 0 Å². The fourth-order valence-corrected chi connectivity index (χ4v) is 6.51. The van der Waals surface area contributed by atoms with E-state index in [-0.39, 0.29) is 36.0 Å². The average molecular weight is 481 g/mol. The van der Waals surface area contributed by atoms with Crippen LogP contribution in [0.15, 0.2) is 58.3 Å². The lowest BCUT2D eigenvalue weighted by atomic mass is 10.2. The van der Waals surface area contributed by atoms with Gasteiger partial charge in [-0.05, 0) is 38.1 Å². The monoisotopic (exact) mass is 480 g/mol. The third-order valence-corrected chi connectivity index (χ3v) is 9.52. The predicted octanol–water partition coefficient (Wildman–Crippen LogP) is 1.26. The van der Waals surface area contributed by atoms with Crippen LogP contribution < -0.4 is 5.73 Å². The second kappa shape index (κ2) is 10.4. The maximum atomic E-state index is 13.3. The normalized spacial score (nSPS) is 18.1. The summed E-state index contributed by atoms with van der Waals surface area (Å²) in [5.74, 6) is 0. The van der Waals surface area contributed by atoms with Gasteiger partial charge in [0.05, 0.1) is 9.79 Å². The summed E-state index contributed by atoms with van der Waals surface area (Å²) in [5, 5.41) is 0. The van der Waals surface area contributed by atoms with Crippen LogP contribution in [0.5, 0.6) is 0 Å². The molecule has 0 radical (unpaired) electrons. The van der Waals surface area contributed by atoms with Crippen molar-refractivity contribution < 1.29 is 16.8 Å². The van der Waals surface area contributed by atoms with Gasteiger partial charge in [-0.25, -0.2) is 16.8 Å². The summed E-state index contributed by atoms with van der Waals surface area (Å²) in [6.45, 7) is 6.46. The Morgan fingerprint density at radius 2 is 1.00 bits per heavy atom. The van der Waals surface area contributed by atoms with Crippen LogP contribution >= 0.6 is 0 Å². The Kier molecular flexibility index (Phi) is 8.07. The minimum atomic E-state index is -3.76. The van der Waals surface area contributed by atoms with Gasteiger partial charge in [0.25, 0.3) is 0 Å². The first-order valence-electron chi connectivity index (χ1n) is 10.7. The Morgan fingerprint density at radius 3 is 1.34 bits per heavy atom. The Morgan fingerprint density at radius 1 is 0.656 bits per heavy atom. The number of hydrogen-bond acceptors (Lipinski definition) is 6. The lowest BCUT2D eigenvalue weighted by molar-refractivity contribution is 0.260. The van der Waals surface area contributed by atoms with E-state index < -0.39 is 20.0 Å². The second-order valence-electron chi connectivity index (χ2n) is 8.06. The highest BCUT2D eigenvalue weighted by Gasteiger charge is 2.31. The Bertz CT molecular complexity index is 1010. The van der Waals surface area contributed by atoms with Crippen molar-refractivity contribution >= 4 is 20.0 Å². The maximum Gasteiger partial charge on any atom is 0.243 e. The van der Waals surface area contributed by atoms with Gasteiger partial charge in [0.15, 0.2) is 0 Å². The van der Waals surface area contributed by atoms with Gasteiger partial charge >= 0.3 is 0 Å². The topological polar surface area (TPSA) is 104 Å². The summed E-state index contributed by atoms with van der Waals surface area (Å²) in [5.41, 5.74) is 7.67. The molecule has 2 N–H and O–H groups in total. The summed E-state index contributed by atoms with van der Waals surface area (Å²) in [6.07, 6.45) is 0. The van der Waals surface area contributed by atoms with Crippen molar-refractivity contribution in [1.82, 2.24) is 13.5 Å². The van der Waals surface area contributed by atoms with Crippen molar-refractivity contribution in [2.24, 2.45) is 5.73 Å². The Balaban J connectivity index is 1.91. The molecule has 0 aliphatic carbocycles. The summed E-state index contributed by atoms with van der Waals surface area (Å²) in [6, 6.07) is 13.4. The highest BCUT2D eigenvalue weighted by molar-refractivity contribution is 7.89. The summed E-state index contributed by atoms with van der Waals surface area (Å²) in [4.78, 5) is 2.43. The SMILES string of the molecule is Cc1ccc(S(=O)(=O)N2CCN(CCN)CCN(S(=O)(=O)c3ccc(C)cc3)CC2)cc1. The van der Waals surface area contributed by atoms with E-state index in [1.54, 1.807) is 48.5 Å². The molecule has 1 fully saturated rings. The molecular formula is C22H32N4O4S2. The minimum Gasteiger partial charge on any atom is -0.329 e. The molecule has 32 heavy (non-hydrogen) atoms. The van der Waals surface area contributed by atoms with Crippen molar-refractivity contribution in [2.75, 3.05) is 52.4 Å². The van der Waals surface area contributed by atoms with Crippen molar-refractivity contribution in [1.29, 1.82) is 0 Å². The fraction of sp³-hybridized carbons (Fsp3) is 0.455. The number of sulfonamides is 2. The molecule has 176 valence electrons. The molecule has 0 bridgehead atoms. The predicted molar refractivity (Wildman–Crippen MR) is 125 cm³/mol. The lowest BCUT2D eigenvalue weighted by Crippen LogP contribution is -2.41. The van der Waals surface area contributed by atoms with Gasteiger partial charge in [-0.15, -0.1) is 0 Å². The molecule has 1 aliphatic heterocycles. The van der Waals surface area contributed by atoms with E-state index in [1.807, 2.05) is 18.7 Å². The van der Waals surface area contributed by atoms with Gasteiger partial charge in [-0.1, -0.05) is 35.4 Å². The molecular weight excluding hydrogens is 448 g/mol. The van der Waals surface area contributed by atoms with Crippen LogP contribution in [0, 0.1) is 13.8 Å². The summed E-state index contributed by atoms with van der Waals surface area (Å²) < 4.78 is 56.0. The average Bonchev–Trinajstić information content (AvgIpc) is 2.86. The number of rotatable bonds is 6. The maximum absolute atomic E-state index is 13.3. The standard InChI is InChI=1S/C22H32N4O4S2/c1-19-3-7-21(8-4-19)31(27,28)25-15-13-24(12-11-23)14-16-26(18-17-25)32(29,30)22-9-5-20(2)6-10-22/h3-10H,11-18,23H2,1-2H3. The smallest absolute Gasteiger partial charge is 0.243 e. The molecule has 8 nitrogen and oxygen atoms in total. The minimum absolute atomic E-state index is 0.0811. The molecule has 1 heterocycles.